The third kappa shape index (κ3) is 2.91. The molecule has 72 valence electrons. The Balaban J connectivity index is 2.45. The summed E-state index contributed by atoms with van der Waals surface area (Å²) in [6, 6.07) is 0. The van der Waals surface area contributed by atoms with Gasteiger partial charge in [0.1, 0.15) is 12.3 Å². The second kappa shape index (κ2) is 5.11. The van der Waals surface area contributed by atoms with Gasteiger partial charge in [0.15, 0.2) is 0 Å². The maximum Gasteiger partial charge on any atom is 0.136 e. The highest BCUT2D eigenvalue weighted by molar-refractivity contribution is 8.03. The average molecular weight is 203 g/mol. The summed E-state index contributed by atoms with van der Waals surface area (Å²) in [6.07, 6.45) is 0.0642. The van der Waals surface area contributed by atoms with E-state index in [0.29, 0.717) is 4.91 Å². The lowest BCUT2D eigenvalue weighted by molar-refractivity contribution is 0.118. The van der Waals surface area contributed by atoms with Gasteiger partial charge in [-0.2, -0.15) is 0 Å². The van der Waals surface area contributed by atoms with Crippen molar-refractivity contribution in [1.82, 2.24) is 0 Å². The largest absolute Gasteiger partial charge is 0.385 e. The molecule has 1 aliphatic rings. The highest BCUT2D eigenvalue weighted by Gasteiger charge is 2.23. The van der Waals surface area contributed by atoms with Crippen molar-refractivity contribution in [3.8, 4) is 0 Å². The average Bonchev–Trinajstić information content (AvgIpc) is 2.65. The zero-order valence-corrected chi connectivity index (χ0v) is 7.74. The van der Waals surface area contributed by atoms with Crippen LogP contribution in [0.25, 0.3) is 10.4 Å². The minimum atomic E-state index is -1.49. The number of azide groups is 1. The van der Waals surface area contributed by atoms with E-state index < -0.39 is 12.3 Å². The molecule has 0 fully saturated rings. The first kappa shape index (κ1) is 10.4. The van der Waals surface area contributed by atoms with Crippen LogP contribution in [0.3, 0.4) is 0 Å². The van der Waals surface area contributed by atoms with Crippen molar-refractivity contribution in [3.05, 3.63) is 21.4 Å². The first-order chi connectivity index (χ1) is 6.25. The lowest BCUT2D eigenvalue weighted by atomic mass is 10.2. The van der Waals surface area contributed by atoms with Crippen molar-refractivity contribution in [3.63, 3.8) is 0 Å². The van der Waals surface area contributed by atoms with Crippen LogP contribution in [0, 0.1) is 0 Å². The van der Waals surface area contributed by atoms with E-state index in [0.717, 1.165) is 12.2 Å². The van der Waals surface area contributed by atoms with E-state index in [4.69, 9.17) is 5.53 Å². The lowest BCUT2D eigenvalue weighted by Crippen LogP contribution is -2.24. The highest BCUT2D eigenvalue weighted by Crippen LogP contribution is 2.29. The molecule has 2 unspecified atom stereocenters. The van der Waals surface area contributed by atoms with Crippen molar-refractivity contribution < 1.29 is 9.50 Å². The van der Waals surface area contributed by atoms with Gasteiger partial charge in [-0.15, -0.1) is 11.8 Å². The molecule has 1 heterocycles. The van der Waals surface area contributed by atoms with E-state index in [1.807, 2.05) is 6.08 Å². The second-order valence-electron chi connectivity index (χ2n) is 2.62. The molecule has 1 aliphatic heterocycles. The van der Waals surface area contributed by atoms with E-state index in [1.165, 1.54) is 11.8 Å². The number of aliphatic hydroxyl groups excluding tert-OH is 1. The van der Waals surface area contributed by atoms with Gasteiger partial charge < -0.3 is 5.11 Å². The smallest absolute Gasteiger partial charge is 0.136 e. The monoisotopic (exact) mass is 203 g/mol. The number of allylic oxidation sites excluding steroid dienone is 1. The van der Waals surface area contributed by atoms with Gasteiger partial charge in [0.05, 0.1) is 6.54 Å². The molecule has 0 aromatic heterocycles. The van der Waals surface area contributed by atoms with Crippen molar-refractivity contribution in [1.29, 1.82) is 0 Å². The minimum absolute atomic E-state index is 0.310. The Hall–Kier alpha value is -0.710. The Morgan fingerprint density at radius 1 is 1.85 bits per heavy atom. The maximum absolute atomic E-state index is 13.1. The van der Waals surface area contributed by atoms with Crippen LogP contribution in [0.4, 0.5) is 4.39 Å². The van der Waals surface area contributed by atoms with Gasteiger partial charge >= 0.3 is 0 Å². The minimum Gasteiger partial charge on any atom is -0.385 e. The molecule has 2 atom stereocenters. The van der Waals surface area contributed by atoms with Crippen LogP contribution < -0.4 is 0 Å². The number of thioether (sulfide) groups is 1. The van der Waals surface area contributed by atoms with Crippen LogP contribution in [0.15, 0.2) is 16.1 Å². The molecule has 1 rings (SSSR count). The molecule has 0 aliphatic carbocycles. The summed E-state index contributed by atoms with van der Waals surface area (Å²) in [7, 11) is 0. The zero-order valence-electron chi connectivity index (χ0n) is 6.93. The Kier molecular flexibility index (Phi) is 4.08. The highest BCUT2D eigenvalue weighted by atomic mass is 32.2. The number of rotatable bonds is 4. The summed E-state index contributed by atoms with van der Waals surface area (Å²) in [5, 5.41) is 12.5. The molecule has 0 saturated carbocycles. The normalized spacial score (nSPS) is 20.3. The van der Waals surface area contributed by atoms with Crippen LogP contribution in [0.1, 0.15) is 6.42 Å². The maximum atomic E-state index is 13.1. The van der Waals surface area contributed by atoms with Crippen LogP contribution in [-0.4, -0.2) is 29.7 Å². The molecule has 0 amide bonds. The fourth-order valence-corrected chi connectivity index (χ4v) is 2.06. The zero-order chi connectivity index (χ0) is 9.68. The molecule has 0 saturated heterocycles. The summed E-state index contributed by atoms with van der Waals surface area (Å²) in [4.78, 5) is 3.09. The van der Waals surface area contributed by atoms with E-state index in [-0.39, 0.29) is 6.54 Å². The summed E-state index contributed by atoms with van der Waals surface area (Å²) in [5.74, 6) is 0.890. The number of alkyl halides is 1. The summed E-state index contributed by atoms with van der Waals surface area (Å²) >= 11 is 1.45. The van der Waals surface area contributed by atoms with Crippen molar-refractivity contribution in [2.75, 3.05) is 12.3 Å². The fourth-order valence-electron chi connectivity index (χ4n) is 1.04. The standard InChI is InChI=1S/C7H10FN3OS/c8-5(4-10-11-9)7(12)6-2-1-3-13-6/h2,5,7,12H,1,3-4H2. The second-order valence-corrected chi connectivity index (χ2v) is 3.79. The van der Waals surface area contributed by atoms with Gasteiger partial charge in [-0.1, -0.05) is 11.2 Å². The van der Waals surface area contributed by atoms with Crippen molar-refractivity contribution >= 4 is 11.8 Å². The van der Waals surface area contributed by atoms with Gasteiger partial charge in [0.25, 0.3) is 0 Å². The molecule has 0 radical (unpaired) electrons. The first-order valence-electron chi connectivity index (χ1n) is 3.91. The quantitative estimate of drug-likeness (QED) is 0.431. The molecule has 0 aromatic carbocycles. The molecule has 0 spiro atoms. The number of nitrogens with zero attached hydrogens (tertiary/aromatic N) is 3. The Morgan fingerprint density at radius 3 is 3.15 bits per heavy atom. The summed E-state index contributed by atoms with van der Waals surface area (Å²) in [5.41, 5.74) is 7.95. The van der Waals surface area contributed by atoms with E-state index in [2.05, 4.69) is 10.0 Å². The number of halogens is 1. The molecular weight excluding hydrogens is 193 g/mol. The van der Waals surface area contributed by atoms with Crippen LogP contribution >= 0.6 is 11.8 Å². The third-order valence-corrected chi connectivity index (χ3v) is 2.87. The summed E-state index contributed by atoms with van der Waals surface area (Å²) < 4.78 is 13.1. The summed E-state index contributed by atoms with van der Waals surface area (Å²) in [6.45, 7) is -0.310. The van der Waals surface area contributed by atoms with Gasteiger partial charge in [-0.05, 0) is 12.0 Å². The topological polar surface area (TPSA) is 69.0 Å². The number of hydrogen-bond acceptors (Lipinski definition) is 3. The Bertz CT molecular complexity index is 252. The van der Waals surface area contributed by atoms with Crippen molar-refractivity contribution in [2.45, 2.75) is 18.7 Å². The molecule has 6 heteroatoms. The lowest BCUT2D eigenvalue weighted by Gasteiger charge is -2.13. The molecule has 4 nitrogen and oxygen atoms in total. The van der Waals surface area contributed by atoms with Crippen molar-refractivity contribution in [2.24, 2.45) is 5.11 Å². The number of aliphatic hydroxyl groups is 1. The molecule has 0 aromatic rings. The van der Waals surface area contributed by atoms with Gasteiger partial charge in [0, 0.05) is 15.6 Å². The SMILES string of the molecule is [N-]=[N+]=NCC(F)C(O)C1=CCCS1. The molecule has 1 N–H and O–H groups in total. The molecular formula is C7H10FN3OS. The van der Waals surface area contributed by atoms with Gasteiger partial charge in [-0.3, -0.25) is 0 Å². The van der Waals surface area contributed by atoms with Gasteiger partial charge in [-0.25, -0.2) is 4.39 Å². The van der Waals surface area contributed by atoms with Crippen LogP contribution in [0.2, 0.25) is 0 Å². The third-order valence-electron chi connectivity index (χ3n) is 1.69. The van der Waals surface area contributed by atoms with Gasteiger partial charge in [0.2, 0.25) is 0 Å². The van der Waals surface area contributed by atoms with E-state index >= 15 is 0 Å². The molecule has 13 heavy (non-hydrogen) atoms. The van der Waals surface area contributed by atoms with Crippen LogP contribution in [-0.2, 0) is 0 Å². The predicted octanol–water partition coefficient (Wildman–Crippen LogP) is 2.02. The predicted molar refractivity (Wildman–Crippen MR) is 50.1 cm³/mol. The Labute approximate surface area is 79.5 Å². The van der Waals surface area contributed by atoms with Crippen LogP contribution in [0.5, 0.6) is 0 Å². The fraction of sp³-hybridized carbons (Fsp3) is 0.714. The number of hydrogen-bond donors (Lipinski definition) is 1. The first-order valence-corrected chi connectivity index (χ1v) is 4.90. The molecule has 0 bridgehead atoms. The van der Waals surface area contributed by atoms with E-state index in [1.54, 1.807) is 0 Å². The Morgan fingerprint density at radius 2 is 2.62 bits per heavy atom. The van der Waals surface area contributed by atoms with E-state index in [9.17, 15) is 9.50 Å².